The number of hydrogen-bond acceptors (Lipinski definition) is 5. The van der Waals surface area contributed by atoms with Crippen LogP contribution in [0.15, 0.2) is 0 Å². The van der Waals surface area contributed by atoms with Crippen LogP contribution in [0.2, 0.25) is 0 Å². The standard InChI is InChI=1S/C13H24N2O5S/c1-3-5-21(19,20)9-12(16)14-10-6-11(7-10)15(4-2)8-13(17)18/h10-11H,3-9H2,1-2H3,(H,14,16)(H,17,18). The molecule has 0 atom stereocenters. The first-order chi connectivity index (χ1) is 9.77. The van der Waals surface area contributed by atoms with E-state index in [4.69, 9.17) is 5.11 Å². The van der Waals surface area contributed by atoms with Gasteiger partial charge in [0.1, 0.15) is 5.75 Å². The third kappa shape index (κ3) is 6.01. The second kappa shape index (κ2) is 7.74. The molecule has 0 aromatic heterocycles. The number of aliphatic carboxylic acids is 1. The Hall–Kier alpha value is -1.15. The highest BCUT2D eigenvalue weighted by molar-refractivity contribution is 7.92. The minimum atomic E-state index is -3.31. The maximum atomic E-state index is 11.7. The minimum Gasteiger partial charge on any atom is -0.480 e. The monoisotopic (exact) mass is 320 g/mol. The van der Waals surface area contributed by atoms with E-state index >= 15 is 0 Å². The summed E-state index contributed by atoms with van der Waals surface area (Å²) in [4.78, 5) is 24.2. The number of carbonyl (C=O) groups excluding carboxylic acids is 1. The quantitative estimate of drug-likeness (QED) is 0.613. The largest absolute Gasteiger partial charge is 0.480 e. The van der Waals surface area contributed by atoms with E-state index in [1.54, 1.807) is 6.92 Å². The van der Waals surface area contributed by atoms with Gasteiger partial charge < -0.3 is 10.4 Å². The van der Waals surface area contributed by atoms with Crippen LogP contribution in [-0.2, 0) is 19.4 Å². The number of carbonyl (C=O) groups is 2. The lowest BCUT2D eigenvalue weighted by molar-refractivity contribution is -0.139. The molecular weight excluding hydrogens is 296 g/mol. The van der Waals surface area contributed by atoms with Gasteiger partial charge in [-0.05, 0) is 25.8 Å². The van der Waals surface area contributed by atoms with Crippen molar-refractivity contribution >= 4 is 21.7 Å². The Morgan fingerprint density at radius 1 is 1.29 bits per heavy atom. The zero-order valence-electron chi connectivity index (χ0n) is 12.5. The maximum Gasteiger partial charge on any atom is 0.317 e. The van der Waals surface area contributed by atoms with Crippen LogP contribution in [0.5, 0.6) is 0 Å². The van der Waals surface area contributed by atoms with Gasteiger partial charge in [0.2, 0.25) is 5.91 Å². The molecule has 1 aliphatic rings. The molecule has 0 radical (unpaired) electrons. The van der Waals surface area contributed by atoms with Crippen molar-refractivity contribution in [2.45, 2.75) is 45.2 Å². The van der Waals surface area contributed by atoms with Gasteiger partial charge in [-0.2, -0.15) is 0 Å². The Kier molecular flexibility index (Phi) is 6.60. The van der Waals surface area contributed by atoms with E-state index in [0.717, 1.165) is 0 Å². The van der Waals surface area contributed by atoms with Crippen LogP contribution in [0.25, 0.3) is 0 Å². The predicted octanol–water partition coefficient (Wildman–Crippen LogP) is -0.135. The van der Waals surface area contributed by atoms with Crippen molar-refractivity contribution in [1.29, 1.82) is 0 Å². The Morgan fingerprint density at radius 3 is 2.38 bits per heavy atom. The van der Waals surface area contributed by atoms with Crippen LogP contribution in [0.4, 0.5) is 0 Å². The van der Waals surface area contributed by atoms with Gasteiger partial charge in [-0.25, -0.2) is 8.42 Å². The van der Waals surface area contributed by atoms with Gasteiger partial charge in [-0.15, -0.1) is 0 Å². The molecule has 0 heterocycles. The van der Waals surface area contributed by atoms with Crippen molar-refractivity contribution in [1.82, 2.24) is 10.2 Å². The number of hydrogen-bond donors (Lipinski definition) is 2. The summed E-state index contributed by atoms with van der Waals surface area (Å²) >= 11 is 0. The second-order valence-corrected chi connectivity index (χ2v) is 7.62. The summed E-state index contributed by atoms with van der Waals surface area (Å²) in [7, 11) is -3.31. The first-order valence-corrected chi connectivity index (χ1v) is 9.05. The molecule has 1 rings (SSSR count). The molecule has 1 fully saturated rings. The van der Waals surface area contributed by atoms with E-state index in [9.17, 15) is 18.0 Å². The molecule has 7 nitrogen and oxygen atoms in total. The fourth-order valence-corrected chi connectivity index (χ4v) is 3.78. The first-order valence-electron chi connectivity index (χ1n) is 7.23. The zero-order valence-corrected chi connectivity index (χ0v) is 13.4. The first kappa shape index (κ1) is 17.9. The maximum absolute atomic E-state index is 11.7. The van der Waals surface area contributed by atoms with Crippen LogP contribution in [-0.4, -0.2) is 67.0 Å². The Morgan fingerprint density at radius 2 is 1.90 bits per heavy atom. The number of likely N-dealkylation sites (N-methyl/N-ethyl adjacent to an activating group) is 1. The lowest BCUT2D eigenvalue weighted by Gasteiger charge is -2.42. The number of rotatable bonds is 9. The number of amides is 1. The number of sulfone groups is 1. The van der Waals surface area contributed by atoms with Crippen molar-refractivity contribution in [3.8, 4) is 0 Å². The lowest BCUT2D eigenvalue weighted by atomic mass is 9.85. The van der Waals surface area contributed by atoms with Crippen molar-refractivity contribution in [3.05, 3.63) is 0 Å². The topological polar surface area (TPSA) is 104 Å². The zero-order chi connectivity index (χ0) is 16.0. The fourth-order valence-electron chi connectivity index (χ4n) is 2.53. The van der Waals surface area contributed by atoms with Gasteiger partial charge in [0.25, 0.3) is 0 Å². The summed E-state index contributed by atoms with van der Waals surface area (Å²) < 4.78 is 23.1. The number of carboxylic acids is 1. The molecule has 21 heavy (non-hydrogen) atoms. The number of nitrogens with one attached hydrogen (secondary N) is 1. The van der Waals surface area contributed by atoms with E-state index < -0.39 is 27.5 Å². The van der Waals surface area contributed by atoms with Gasteiger partial charge in [-0.1, -0.05) is 13.8 Å². The summed E-state index contributed by atoms with van der Waals surface area (Å²) in [5.74, 6) is -1.77. The van der Waals surface area contributed by atoms with E-state index in [0.29, 0.717) is 25.8 Å². The van der Waals surface area contributed by atoms with Gasteiger partial charge in [-0.3, -0.25) is 14.5 Å². The third-order valence-electron chi connectivity index (χ3n) is 3.61. The smallest absolute Gasteiger partial charge is 0.317 e. The molecule has 0 saturated heterocycles. The molecule has 0 bridgehead atoms. The van der Waals surface area contributed by atoms with E-state index in [-0.39, 0.29) is 24.4 Å². The highest BCUT2D eigenvalue weighted by Crippen LogP contribution is 2.25. The summed E-state index contributed by atoms with van der Waals surface area (Å²) in [6.45, 7) is 4.29. The van der Waals surface area contributed by atoms with E-state index in [1.165, 1.54) is 0 Å². The van der Waals surface area contributed by atoms with Crippen molar-refractivity contribution in [3.63, 3.8) is 0 Å². The SMILES string of the molecule is CCCS(=O)(=O)CC(=O)NC1CC(N(CC)CC(=O)O)C1. The highest BCUT2D eigenvalue weighted by atomic mass is 32.2. The molecule has 1 saturated carbocycles. The van der Waals surface area contributed by atoms with Gasteiger partial charge >= 0.3 is 5.97 Å². The molecule has 8 heteroatoms. The van der Waals surface area contributed by atoms with Crippen molar-refractivity contribution < 1.29 is 23.1 Å². The van der Waals surface area contributed by atoms with Gasteiger partial charge in [0, 0.05) is 12.1 Å². The third-order valence-corrected chi connectivity index (χ3v) is 5.34. The molecule has 0 aliphatic heterocycles. The molecular formula is C13H24N2O5S. The normalized spacial score (nSPS) is 21.9. The molecule has 0 spiro atoms. The molecule has 0 unspecified atom stereocenters. The Labute approximate surface area is 125 Å². The van der Waals surface area contributed by atoms with Gasteiger partial charge in [0.05, 0.1) is 12.3 Å². The number of nitrogens with zero attached hydrogens (tertiary/aromatic N) is 1. The molecule has 1 aliphatic carbocycles. The van der Waals surface area contributed by atoms with Crippen LogP contribution in [0.1, 0.15) is 33.1 Å². The predicted molar refractivity (Wildman–Crippen MR) is 78.8 cm³/mol. The Balaban J connectivity index is 2.34. The van der Waals surface area contributed by atoms with Crippen LogP contribution < -0.4 is 5.32 Å². The molecule has 2 N–H and O–H groups in total. The lowest BCUT2D eigenvalue weighted by Crippen LogP contribution is -2.55. The summed E-state index contributed by atoms with van der Waals surface area (Å²) in [5.41, 5.74) is 0. The van der Waals surface area contributed by atoms with Crippen molar-refractivity contribution in [2.75, 3.05) is 24.6 Å². The van der Waals surface area contributed by atoms with Crippen LogP contribution >= 0.6 is 0 Å². The molecule has 0 aromatic rings. The average Bonchev–Trinajstić information content (AvgIpc) is 2.29. The fraction of sp³-hybridized carbons (Fsp3) is 0.846. The van der Waals surface area contributed by atoms with E-state index in [1.807, 2.05) is 11.8 Å². The second-order valence-electron chi connectivity index (χ2n) is 5.44. The average molecular weight is 320 g/mol. The molecule has 122 valence electrons. The Bertz CT molecular complexity index is 471. The molecule has 0 aromatic carbocycles. The summed E-state index contributed by atoms with van der Waals surface area (Å²) in [5, 5.41) is 11.5. The van der Waals surface area contributed by atoms with Crippen molar-refractivity contribution in [2.24, 2.45) is 0 Å². The number of carboxylic acid groups (broad SMARTS) is 1. The minimum absolute atomic E-state index is 0.00723. The van der Waals surface area contributed by atoms with Crippen LogP contribution in [0, 0.1) is 0 Å². The van der Waals surface area contributed by atoms with E-state index in [2.05, 4.69) is 5.32 Å². The summed E-state index contributed by atoms with van der Waals surface area (Å²) in [6, 6.07) is 0.0887. The van der Waals surface area contributed by atoms with Gasteiger partial charge in [0.15, 0.2) is 9.84 Å². The molecule has 1 amide bonds. The summed E-state index contributed by atoms with van der Waals surface area (Å²) in [6.07, 6.45) is 1.84. The van der Waals surface area contributed by atoms with Crippen LogP contribution in [0.3, 0.4) is 0 Å². The highest BCUT2D eigenvalue weighted by Gasteiger charge is 2.35.